The maximum Gasteiger partial charge on any atom is 0.353 e. The quantitative estimate of drug-likeness (QED) is 0.609. The molecule has 0 spiro atoms. The Morgan fingerprint density at radius 3 is 2.79 bits per heavy atom. The van der Waals surface area contributed by atoms with Gasteiger partial charge in [-0.25, -0.2) is 18.9 Å². The number of aromatic nitrogens is 4. The second-order valence-corrected chi connectivity index (χ2v) is 6.01. The molecule has 0 aliphatic heterocycles. The molecule has 0 radical (unpaired) electrons. The molecule has 2 N–H and O–H groups in total. The molecule has 4 rings (SSSR count). The topological polar surface area (TPSA) is 78.2 Å². The van der Waals surface area contributed by atoms with Crippen LogP contribution in [0.4, 0.5) is 5.95 Å². The van der Waals surface area contributed by atoms with Crippen LogP contribution in [-0.4, -0.2) is 19.2 Å². The van der Waals surface area contributed by atoms with Crippen LogP contribution in [0, 0.1) is 6.92 Å². The van der Waals surface area contributed by atoms with Crippen molar-refractivity contribution in [1.82, 2.24) is 19.2 Å². The number of para-hydroxylation sites is 1. The molecule has 2 aromatic heterocycles. The van der Waals surface area contributed by atoms with Gasteiger partial charge in [0, 0.05) is 10.4 Å². The summed E-state index contributed by atoms with van der Waals surface area (Å²) < 4.78 is 2.69. The lowest BCUT2D eigenvalue weighted by molar-refractivity contribution is 0.659. The lowest BCUT2D eigenvalue weighted by Gasteiger charge is -2.05. The highest BCUT2D eigenvalue weighted by atomic mass is 35.5. The predicted molar refractivity (Wildman–Crippen MR) is 94.5 cm³/mol. The molecule has 0 unspecified atom stereocenters. The van der Waals surface area contributed by atoms with Crippen molar-refractivity contribution in [3.05, 3.63) is 69.1 Å². The highest BCUT2D eigenvalue weighted by molar-refractivity contribution is 6.32. The van der Waals surface area contributed by atoms with Crippen LogP contribution in [0.3, 0.4) is 0 Å². The number of hydrogen-bond acceptors (Lipinski definition) is 4. The highest BCUT2D eigenvalue weighted by Crippen LogP contribution is 2.22. The molecule has 0 aliphatic carbocycles. The SMILES string of the molecule is Cc1cccc(Cn2nc3c4ccccc4nc(N)n3c2=O)c1Cl. The van der Waals surface area contributed by atoms with Crippen LogP contribution in [0.5, 0.6) is 0 Å². The van der Waals surface area contributed by atoms with E-state index >= 15 is 0 Å². The number of halogens is 1. The van der Waals surface area contributed by atoms with Gasteiger partial charge in [-0.1, -0.05) is 41.9 Å². The van der Waals surface area contributed by atoms with Crippen molar-refractivity contribution in [2.45, 2.75) is 13.5 Å². The van der Waals surface area contributed by atoms with Gasteiger partial charge in [0.15, 0.2) is 5.65 Å². The third-order valence-corrected chi connectivity index (χ3v) is 4.58. The first kappa shape index (κ1) is 14.7. The van der Waals surface area contributed by atoms with E-state index < -0.39 is 0 Å². The van der Waals surface area contributed by atoms with Crippen LogP contribution < -0.4 is 11.4 Å². The lowest BCUT2D eigenvalue weighted by atomic mass is 10.1. The summed E-state index contributed by atoms with van der Waals surface area (Å²) in [5.41, 5.74) is 8.60. The van der Waals surface area contributed by atoms with Crippen molar-refractivity contribution in [2.75, 3.05) is 5.73 Å². The molecule has 0 bridgehead atoms. The standard InChI is InChI=1S/C17H14ClN5O/c1-10-5-4-6-11(14(10)18)9-22-17(24)23-15(21-22)12-7-2-3-8-13(12)20-16(23)19/h2-8H,9H2,1H3,(H2,19,20). The highest BCUT2D eigenvalue weighted by Gasteiger charge is 2.15. The number of aryl methyl sites for hydroxylation is 1. The van der Waals surface area contributed by atoms with Gasteiger partial charge in [-0.3, -0.25) is 0 Å². The third kappa shape index (κ3) is 2.15. The van der Waals surface area contributed by atoms with Crippen LogP contribution in [0.25, 0.3) is 16.6 Å². The summed E-state index contributed by atoms with van der Waals surface area (Å²) in [7, 11) is 0. The average molecular weight is 340 g/mol. The molecule has 2 aromatic carbocycles. The van der Waals surface area contributed by atoms with Gasteiger partial charge in [0.05, 0.1) is 12.1 Å². The molecule has 6 nitrogen and oxygen atoms in total. The second kappa shape index (κ2) is 5.35. The van der Waals surface area contributed by atoms with Gasteiger partial charge in [0.2, 0.25) is 5.95 Å². The third-order valence-electron chi connectivity index (χ3n) is 4.04. The Bertz CT molecular complexity index is 1150. The monoisotopic (exact) mass is 339 g/mol. The maximum absolute atomic E-state index is 12.7. The van der Waals surface area contributed by atoms with E-state index in [2.05, 4.69) is 10.1 Å². The number of rotatable bonds is 2. The first-order valence-electron chi connectivity index (χ1n) is 7.44. The van der Waals surface area contributed by atoms with E-state index in [-0.39, 0.29) is 18.2 Å². The van der Waals surface area contributed by atoms with Crippen molar-refractivity contribution in [2.24, 2.45) is 0 Å². The average Bonchev–Trinajstić information content (AvgIpc) is 2.90. The molecule has 0 atom stereocenters. The van der Waals surface area contributed by atoms with E-state index in [9.17, 15) is 4.79 Å². The second-order valence-electron chi connectivity index (χ2n) is 5.63. The first-order valence-corrected chi connectivity index (χ1v) is 7.82. The summed E-state index contributed by atoms with van der Waals surface area (Å²) in [5.74, 6) is 0.121. The Morgan fingerprint density at radius 1 is 1.17 bits per heavy atom. The van der Waals surface area contributed by atoms with Crippen molar-refractivity contribution in [3.8, 4) is 0 Å². The number of nitrogens with two attached hydrogens (primary N) is 1. The van der Waals surface area contributed by atoms with E-state index in [1.807, 2.05) is 49.4 Å². The number of benzene rings is 2. The van der Waals surface area contributed by atoms with Gasteiger partial charge in [-0.15, -0.1) is 5.10 Å². The van der Waals surface area contributed by atoms with Gasteiger partial charge < -0.3 is 5.73 Å². The van der Waals surface area contributed by atoms with Crippen molar-refractivity contribution >= 4 is 34.1 Å². The Hall–Kier alpha value is -2.86. The van der Waals surface area contributed by atoms with Gasteiger partial charge in [0.25, 0.3) is 0 Å². The Labute approximate surface area is 142 Å². The molecule has 4 aromatic rings. The fraction of sp³-hybridized carbons (Fsp3) is 0.118. The molecule has 2 heterocycles. The summed E-state index contributed by atoms with van der Waals surface area (Å²) in [6.07, 6.45) is 0. The van der Waals surface area contributed by atoms with Crippen LogP contribution in [0.2, 0.25) is 5.02 Å². The van der Waals surface area contributed by atoms with Crippen molar-refractivity contribution in [1.29, 1.82) is 0 Å². The molecular formula is C17H14ClN5O. The molecule has 0 amide bonds. The number of nitrogens with zero attached hydrogens (tertiary/aromatic N) is 4. The van der Waals surface area contributed by atoms with Gasteiger partial charge in [0.1, 0.15) is 0 Å². The van der Waals surface area contributed by atoms with Gasteiger partial charge in [-0.2, -0.15) is 0 Å². The summed E-state index contributed by atoms with van der Waals surface area (Å²) in [6.45, 7) is 2.20. The summed E-state index contributed by atoms with van der Waals surface area (Å²) >= 11 is 6.33. The number of fused-ring (bicyclic) bond motifs is 3. The fourth-order valence-corrected chi connectivity index (χ4v) is 3.00. The molecule has 7 heteroatoms. The molecule has 120 valence electrons. The number of hydrogen-bond donors (Lipinski definition) is 1. The normalized spacial score (nSPS) is 11.4. The van der Waals surface area contributed by atoms with E-state index in [1.165, 1.54) is 9.08 Å². The summed E-state index contributed by atoms with van der Waals surface area (Å²) in [5, 5.41) is 5.87. The molecule has 0 fully saturated rings. The van der Waals surface area contributed by atoms with Crippen LogP contribution in [-0.2, 0) is 6.54 Å². The molecule has 0 aliphatic rings. The molecule has 24 heavy (non-hydrogen) atoms. The first-order chi connectivity index (χ1) is 11.6. The Balaban J connectivity index is 1.96. The minimum absolute atomic E-state index is 0.121. The Morgan fingerprint density at radius 2 is 1.96 bits per heavy atom. The maximum atomic E-state index is 12.7. The summed E-state index contributed by atoms with van der Waals surface area (Å²) in [4.78, 5) is 17.0. The lowest BCUT2D eigenvalue weighted by Crippen LogP contribution is -2.23. The van der Waals surface area contributed by atoms with Crippen LogP contribution in [0.15, 0.2) is 47.3 Å². The predicted octanol–water partition coefficient (Wildman–Crippen LogP) is 2.64. The smallest absolute Gasteiger partial charge is 0.353 e. The molecule has 0 saturated carbocycles. The minimum Gasteiger partial charge on any atom is -0.369 e. The Kier molecular flexibility index (Phi) is 3.28. The zero-order valence-electron chi connectivity index (χ0n) is 12.9. The van der Waals surface area contributed by atoms with Crippen molar-refractivity contribution < 1.29 is 0 Å². The number of anilines is 1. The zero-order valence-corrected chi connectivity index (χ0v) is 13.7. The van der Waals surface area contributed by atoms with Gasteiger partial charge in [-0.05, 0) is 30.2 Å². The van der Waals surface area contributed by atoms with E-state index in [4.69, 9.17) is 17.3 Å². The van der Waals surface area contributed by atoms with Crippen LogP contribution in [0.1, 0.15) is 11.1 Å². The largest absolute Gasteiger partial charge is 0.369 e. The van der Waals surface area contributed by atoms with Crippen molar-refractivity contribution in [3.63, 3.8) is 0 Å². The van der Waals surface area contributed by atoms with E-state index in [0.717, 1.165) is 16.5 Å². The van der Waals surface area contributed by atoms with E-state index in [1.54, 1.807) is 0 Å². The zero-order chi connectivity index (χ0) is 16.8. The summed E-state index contributed by atoms with van der Waals surface area (Å²) in [6, 6.07) is 13.2. The van der Waals surface area contributed by atoms with Gasteiger partial charge >= 0.3 is 5.69 Å². The van der Waals surface area contributed by atoms with Crippen LogP contribution >= 0.6 is 11.6 Å². The van der Waals surface area contributed by atoms with E-state index in [0.29, 0.717) is 16.2 Å². The fourth-order valence-electron chi connectivity index (χ4n) is 2.82. The molecule has 0 saturated heterocycles. The minimum atomic E-state index is -0.335. The number of nitrogen functional groups attached to an aromatic ring is 1. The molecular weight excluding hydrogens is 326 g/mol.